The minimum atomic E-state index is -1.45. The number of hydrogen-bond donors (Lipinski definition) is 3. The maximum Gasteiger partial charge on any atom is 0.153 e. The standard InChI is InChI=1S/C41H55N3O4/c1-11-16-18-44(19-17-12-2)33-23-30(37(43-33)35-28(14-4)20-27(13-3)21-29(35)15-5)22-31-25(6)32(24-42)39(47)36(38(31)46)34(26(7)45)40(48)41(8,9)10/h20-23,34,43,46-47H,6,11-19H2,1-5,7-10H3/b31-22-. The lowest BCUT2D eigenvalue weighted by molar-refractivity contribution is -0.133. The summed E-state index contributed by atoms with van der Waals surface area (Å²) in [6.45, 7) is 23.0. The predicted molar refractivity (Wildman–Crippen MR) is 197 cm³/mol. The van der Waals surface area contributed by atoms with Crippen LogP contribution in [-0.2, 0) is 28.9 Å². The normalized spacial score (nSPS) is 12.6. The molecule has 0 bridgehead atoms. The molecule has 7 nitrogen and oxygen atoms in total. The van der Waals surface area contributed by atoms with Crippen molar-refractivity contribution in [3.05, 3.63) is 62.0 Å². The van der Waals surface area contributed by atoms with Crippen LogP contribution in [0.3, 0.4) is 0 Å². The molecule has 3 aromatic rings. The number of phenols is 2. The van der Waals surface area contributed by atoms with Crippen LogP contribution in [-0.4, -0.2) is 39.9 Å². The molecule has 0 fully saturated rings. The second kappa shape index (κ2) is 16.2. The lowest BCUT2D eigenvalue weighted by Crippen LogP contribution is -2.34. The van der Waals surface area contributed by atoms with Gasteiger partial charge in [0.05, 0.1) is 11.3 Å². The molecule has 0 amide bonds. The topological polar surface area (TPSA) is 117 Å². The number of benzene rings is 2. The zero-order valence-corrected chi connectivity index (χ0v) is 30.6. The van der Waals surface area contributed by atoms with E-state index in [2.05, 4.69) is 69.3 Å². The van der Waals surface area contributed by atoms with Gasteiger partial charge in [-0.1, -0.05) is 86.9 Å². The summed E-state index contributed by atoms with van der Waals surface area (Å²) in [6, 6.07) is 8.61. The second-order valence-corrected chi connectivity index (χ2v) is 13.8. The molecule has 0 spiro atoms. The molecular weight excluding hydrogens is 598 g/mol. The van der Waals surface area contributed by atoms with Gasteiger partial charge in [0.25, 0.3) is 0 Å². The van der Waals surface area contributed by atoms with Gasteiger partial charge < -0.3 is 20.1 Å². The molecule has 1 aromatic heterocycles. The molecular formula is C41H55N3O4. The Morgan fingerprint density at radius 3 is 1.96 bits per heavy atom. The molecule has 1 unspecified atom stereocenters. The van der Waals surface area contributed by atoms with E-state index in [9.17, 15) is 25.1 Å². The van der Waals surface area contributed by atoms with Crippen molar-refractivity contribution in [3.63, 3.8) is 0 Å². The minimum Gasteiger partial charge on any atom is -0.507 e. The summed E-state index contributed by atoms with van der Waals surface area (Å²) in [7, 11) is 0. The van der Waals surface area contributed by atoms with Crippen molar-refractivity contribution in [2.24, 2.45) is 5.41 Å². The number of rotatable bonds is 15. The van der Waals surface area contributed by atoms with E-state index in [1.807, 2.05) is 6.07 Å². The third-order valence-corrected chi connectivity index (χ3v) is 9.26. The smallest absolute Gasteiger partial charge is 0.153 e. The molecule has 0 saturated carbocycles. The van der Waals surface area contributed by atoms with E-state index >= 15 is 0 Å². The van der Waals surface area contributed by atoms with E-state index < -0.39 is 34.4 Å². The average Bonchev–Trinajstić information content (AvgIpc) is 3.46. The molecule has 2 aromatic carbocycles. The molecule has 0 aliphatic rings. The second-order valence-electron chi connectivity index (χ2n) is 13.8. The van der Waals surface area contributed by atoms with Gasteiger partial charge in [0, 0.05) is 34.9 Å². The van der Waals surface area contributed by atoms with Crippen molar-refractivity contribution >= 4 is 30.0 Å². The van der Waals surface area contributed by atoms with E-state index in [4.69, 9.17) is 0 Å². The maximum absolute atomic E-state index is 13.6. The molecule has 3 rings (SSSR count). The highest BCUT2D eigenvalue weighted by Crippen LogP contribution is 2.39. The number of ketones is 2. The first kappa shape index (κ1) is 38.1. The molecule has 0 saturated heterocycles. The fourth-order valence-electron chi connectivity index (χ4n) is 6.39. The molecule has 0 radical (unpaired) electrons. The Morgan fingerprint density at radius 1 is 0.958 bits per heavy atom. The highest BCUT2D eigenvalue weighted by Gasteiger charge is 2.38. The zero-order chi connectivity index (χ0) is 35.9. The monoisotopic (exact) mass is 653 g/mol. The van der Waals surface area contributed by atoms with Crippen LogP contribution in [0, 0.1) is 16.7 Å². The van der Waals surface area contributed by atoms with Crippen molar-refractivity contribution in [3.8, 4) is 28.8 Å². The number of nitrogens with one attached hydrogen (secondary N) is 1. The van der Waals surface area contributed by atoms with Gasteiger partial charge >= 0.3 is 0 Å². The van der Waals surface area contributed by atoms with Gasteiger partial charge in [-0.2, -0.15) is 5.26 Å². The van der Waals surface area contributed by atoms with Crippen molar-refractivity contribution < 1.29 is 19.8 Å². The Kier molecular flexibility index (Phi) is 12.9. The van der Waals surface area contributed by atoms with Crippen molar-refractivity contribution in [2.45, 2.75) is 113 Å². The number of carbonyl (C=O) groups is 2. The Bertz CT molecular complexity index is 1770. The predicted octanol–water partition coefficient (Wildman–Crippen LogP) is 7.59. The van der Waals surface area contributed by atoms with Crippen LogP contribution in [0.4, 0.5) is 5.82 Å². The Labute approximate surface area is 287 Å². The number of Topliss-reactive ketones (excluding diaryl/α,β-unsaturated/α-hetero) is 2. The summed E-state index contributed by atoms with van der Waals surface area (Å²) in [5.74, 6) is -2.51. The van der Waals surface area contributed by atoms with Gasteiger partial charge in [-0.05, 0) is 73.1 Å². The number of aromatic nitrogens is 1. The number of H-pyrrole nitrogens is 1. The lowest BCUT2D eigenvalue weighted by Gasteiger charge is -2.25. The minimum absolute atomic E-state index is 0.122. The average molecular weight is 654 g/mol. The summed E-state index contributed by atoms with van der Waals surface area (Å²) in [5.41, 5.74) is 5.08. The third kappa shape index (κ3) is 7.86. The van der Waals surface area contributed by atoms with E-state index in [1.54, 1.807) is 26.8 Å². The first-order valence-corrected chi connectivity index (χ1v) is 17.6. The van der Waals surface area contributed by atoms with Crippen LogP contribution in [0.15, 0.2) is 18.2 Å². The summed E-state index contributed by atoms with van der Waals surface area (Å²) in [4.78, 5) is 32.7. The van der Waals surface area contributed by atoms with Gasteiger partial charge in [0.2, 0.25) is 0 Å². The van der Waals surface area contributed by atoms with Gasteiger partial charge in [-0.15, -0.1) is 0 Å². The van der Waals surface area contributed by atoms with Crippen LogP contribution >= 0.6 is 0 Å². The highest BCUT2D eigenvalue weighted by atomic mass is 16.3. The number of carbonyl (C=O) groups excluding carboxylic acids is 2. The number of aryl methyl sites for hydroxylation is 3. The van der Waals surface area contributed by atoms with Crippen LogP contribution < -0.4 is 15.3 Å². The van der Waals surface area contributed by atoms with Crippen molar-refractivity contribution in [1.82, 2.24) is 4.98 Å². The number of anilines is 1. The van der Waals surface area contributed by atoms with Gasteiger partial charge in [-0.3, -0.25) is 9.59 Å². The van der Waals surface area contributed by atoms with E-state index in [1.165, 1.54) is 23.6 Å². The first-order chi connectivity index (χ1) is 22.7. The number of aromatic amines is 1. The first-order valence-electron chi connectivity index (χ1n) is 17.6. The zero-order valence-electron chi connectivity index (χ0n) is 30.6. The molecule has 3 N–H and O–H groups in total. The summed E-state index contributed by atoms with van der Waals surface area (Å²) in [6.07, 6.45) is 8.54. The lowest BCUT2D eigenvalue weighted by atomic mass is 9.77. The van der Waals surface area contributed by atoms with Gasteiger partial charge in [0.15, 0.2) is 5.78 Å². The van der Waals surface area contributed by atoms with Crippen LogP contribution in [0.25, 0.3) is 23.9 Å². The third-order valence-electron chi connectivity index (χ3n) is 9.26. The van der Waals surface area contributed by atoms with E-state index in [0.717, 1.165) is 80.7 Å². The fraction of sp³-hybridized carbons (Fsp3) is 0.488. The quantitative estimate of drug-likeness (QED) is 0.146. The molecule has 1 atom stereocenters. The van der Waals surface area contributed by atoms with Crippen LogP contribution in [0.5, 0.6) is 11.5 Å². The summed E-state index contributed by atoms with van der Waals surface area (Å²) >= 11 is 0. The molecule has 0 aliphatic carbocycles. The number of unbranched alkanes of at least 4 members (excludes halogenated alkanes) is 2. The largest absolute Gasteiger partial charge is 0.507 e. The number of phenolic OH excluding ortho intramolecular Hbond substituents is 2. The van der Waals surface area contributed by atoms with E-state index in [-0.39, 0.29) is 21.6 Å². The molecule has 7 heteroatoms. The maximum atomic E-state index is 13.6. The highest BCUT2D eigenvalue weighted by molar-refractivity contribution is 6.09. The Hall–Kier alpha value is -4.31. The number of aromatic hydroxyl groups is 2. The molecule has 0 aliphatic heterocycles. The summed E-state index contributed by atoms with van der Waals surface area (Å²) < 4.78 is 0. The van der Waals surface area contributed by atoms with Gasteiger partial charge in [-0.25, -0.2) is 0 Å². The van der Waals surface area contributed by atoms with E-state index in [0.29, 0.717) is 0 Å². The summed E-state index contributed by atoms with van der Waals surface area (Å²) in [5, 5.41) is 33.6. The Morgan fingerprint density at radius 2 is 1.52 bits per heavy atom. The number of nitriles is 1. The molecule has 258 valence electrons. The fourth-order valence-corrected chi connectivity index (χ4v) is 6.39. The number of nitrogens with zero attached hydrogens (tertiary/aromatic N) is 2. The van der Waals surface area contributed by atoms with Crippen LogP contribution in [0.1, 0.15) is 127 Å². The van der Waals surface area contributed by atoms with Crippen LogP contribution in [0.2, 0.25) is 0 Å². The molecule has 48 heavy (non-hydrogen) atoms. The number of hydrogen-bond acceptors (Lipinski definition) is 6. The van der Waals surface area contributed by atoms with Crippen molar-refractivity contribution in [2.75, 3.05) is 18.0 Å². The van der Waals surface area contributed by atoms with Gasteiger partial charge in [0.1, 0.15) is 40.7 Å². The molecule has 1 heterocycles. The van der Waals surface area contributed by atoms with Crippen molar-refractivity contribution in [1.29, 1.82) is 5.26 Å². The SMILES string of the molecule is C=c1c(C#N)c(O)c(C(C(C)=O)C(=O)C(C)(C)C)c(O)/c1=C\c1cc(N(CCCC)CCCC)[nH]c1-c1c(CC)cc(CC)cc1CC. The Balaban J connectivity index is 2.55.